The number of hydrogen-bond donors (Lipinski definition) is 2. The van der Waals surface area contributed by atoms with Gasteiger partial charge in [0.25, 0.3) is 0 Å². The van der Waals surface area contributed by atoms with Crippen LogP contribution in [0.4, 0.5) is 0 Å². The fourth-order valence-electron chi connectivity index (χ4n) is 2.61. The predicted octanol–water partition coefficient (Wildman–Crippen LogP) is 2.34. The molecular formula is C15H23ClN2O3S. The second-order valence-corrected chi connectivity index (χ2v) is 8.89. The Hall–Kier alpha value is -0.820. The Bertz CT molecular complexity index is 591. The van der Waals surface area contributed by atoms with Crippen LogP contribution in [0.2, 0.25) is 5.02 Å². The number of benzene rings is 1. The number of phenols is 1. The molecule has 5 nitrogen and oxygen atoms in total. The molecule has 1 aromatic carbocycles. The fourth-order valence-corrected chi connectivity index (χ4v) is 4.18. The van der Waals surface area contributed by atoms with Crippen molar-refractivity contribution in [1.82, 2.24) is 9.62 Å². The van der Waals surface area contributed by atoms with Crippen LogP contribution in [0, 0.1) is 0 Å². The third-order valence-corrected chi connectivity index (χ3v) is 6.44. The number of halogens is 1. The van der Waals surface area contributed by atoms with Crippen LogP contribution >= 0.6 is 11.6 Å². The number of aromatic hydroxyl groups is 1. The van der Waals surface area contributed by atoms with Crippen molar-refractivity contribution in [2.45, 2.75) is 44.5 Å². The highest BCUT2D eigenvalue weighted by Gasteiger charge is 2.29. The topological polar surface area (TPSA) is 69.6 Å². The van der Waals surface area contributed by atoms with Crippen LogP contribution < -0.4 is 5.32 Å². The van der Waals surface area contributed by atoms with Gasteiger partial charge in [-0.3, -0.25) is 0 Å². The molecule has 0 unspecified atom stereocenters. The molecule has 22 heavy (non-hydrogen) atoms. The zero-order valence-corrected chi connectivity index (χ0v) is 14.5. The first-order valence-electron chi connectivity index (χ1n) is 7.50. The second kappa shape index (κ2) is 7.17. The zero-order valence-electron chi connectivity index (χ0n) is 12.9. The summed E-state index contributed by atoms with van der Waals surface area (Å²) >= 11 is 5.91. The third kappa shape index (κ3) is 4.35. The predicted molar refractivity (Wildman–Crippen MR) is 88.6 cm³/mol. The molecule has 0 bridgehead atoms. The number of nitrogens with one attached hydrogen (secondary N) is 1. The first-order valence-corrected chi connectivity index (χ1v) is 9.38. The van der Waals surface area contributed by atoms with E-state index in [-0.39, 0.29) is 17.0 Å². The van der Waals surface area contributed by atoms with E-state index in [0.29, 0.717) is 24.7 Å². The summed E-state index contributed by atoms with van der Waals surface area (Å²) in [6.07, 6.45) is 1.58. The van der Waals surface area contributed by atoms with Crippen molar-refractivity contribution in [2.75, 3.05) is 13.1 Å². The molecule has 0 saturated carbocycles. The van der Waals surface area contributed by atoms with Crippen LogP contribution in [0.1, 0.15) is 32.3 Å². The molecule has 0 spiro atoms. The van der Waals surface area contributed by atoms with Crippen LogP contribution in [0.15, 0.2) is 18.2 Å². The van der Waals surface area contributed by atoms with Gasteiger partial charge < -0.3 is 10.4 Å². The quantitative estimate of drug-likeness (QED) is 0.858. The number of nitrogens with zero attached hydrogens (tertiary/aromatic N) is 1. The highest BCUT2D eigenvalue weighted by molar-refractivity contribution is 7.89. The van der Waals surface area contributed by atoms with E-state index in [1.807, 2.05) is 6.07 Å². The van der Waals surface area contributed by atoms with E-state index in [1.54, 1.807) is 24.2 Å². The molecule has 0 aromatic heterocycles. The Balaban J connectivity index is 1.85. The Morgan fingerprint density at radius 1 is 1.32 bits per heavy atom. The molecule has 1 fully saturated rings. The maximum atomic E-state index is 12.1. The van der Waals surface area contributed by atoms with E-state index < -0.39 is 10.0 Å². The normalized spacial score (nSPS) is 18.0. The van der Waals surface area contributed by atoms with Crippen LogP contribution in [0.3, 0.4) is 0 Å². The molecule has 7 heteroatoms. The van der Waals surface area contributed by atoms with Gasteiger partial charge in [0.15, 0.2) is 0 Å². The Labute approximate surface area is 137 Å². The molecule has 0 radical (unpaired) electrons. The van der Waals surface area contributed by atoms with Gasteiger partial charge in [-0.2, -0.15) is 0 Å². The number of piperidine rings is 1. The molecule has 1 aromatic rings. The molecule has 0 atom stereocenters. The first kappa shape index (κ1) is 17.5. The SMILES string of the molecule is CC(C)S(=O)(=O)N1CCC(NCc2cc(O)cc(Cl)c2)CC1. The van der Waals surface area contributed by atoms with Gasteiger partial charge in [-0.25, -0.2) is 12.7 Å². The Morgan fingerprint density at radius 2 is 1.95 bits per heavy atom. The summed E-state index contributed by atoms with van der Waals surface area (Å²) in [4.78, 5) is 0. The first-order chi connectivity index (χ1) is 10.3. The molecule has 0 aliphatic carbocycles. The highest BCUT2D eigenvalue weighted by Crippen LogP contribution is 2.21. The highest BCUT2D eigenvalue weighted by atomic mass is 35.5. The van der Waals surface area contributed by atoms with Gasteiger partial charge in [-0.05, 0) is 50.5 Å². The van der Waals surface area contributed by atoms with Gasteiger partial charge in [-0.1, -0.05) is 11.6 Å². The van der Waals surface area contributed by atoms with Gasteiger partial charge in [0.05, 0.1) is 5.25 Å². The van der Waals surface area contributed by atoms with Crippen molar-refractivity contribution >= 4 is 21.6 Å². The average molecular weight is 347 g/mol. The maximum Gasteiger partial charge on any atom is 0.216 e. The summed E-state index contributed by atoms with van der Waals surface area (Å²) in [5.41, 5.74) is 0.919. The molecular weight excluding hydrogens is 324 g/mol. The van der Waals surface area contributed by atoms with E-state index in [2.05, 4.69) is 5.32 Å². The number of rotatable bonds is 5. The van der Waals surface area contributed by atoms with E-state index in [9.17, 15) is 13.5 Å². The van der Waals surface area contributed by atoms with Crippen molar-refractivity contribution in [2.24, 2.45) is 0 Å². The largest absolute Gasteiger partial charge is 0.508 e. The molecule has 1 aliphatic rings. The molecule has 1 heterocycles. The van der Waals surface area contributed by atoms with Gasteiger partial charge in [-0.15, -0.1) is 0 Å². The molecule has 1 saturated heterocycles. The maximum absolute atomic E-state index is 12.1. The van der Waals surface area contributed by atoms with Crippen molar-refractivity contribution in [3.05, 3.63) is 28.8 Å². The molecule has 0 amide bonds. The summed E-state index contributed by atoms with van der Waals surface area (Å²) in [5.74, 6) is 0.155. The van der Waals surface area contributed by atoms with E-state index >= 15 is 0 Å². The molecule has 2 N–H and O–H groups in total. The van der Waals surface area contributed by atoms with Crippen LogP contribution in [0.25, 0.3) is 0 Å². The summed E-state index contributed by atoms with van der Waals surface area (Å²) in [7, 11) is -3.15. The Morgan fingerprint density at radius 3 is 2.50 bits per heavy atom. The van der Waals surface area contributed by atoms with E-state index in [0.717, 1.165) is 18.4 Å². The third-order valence-electron chi connectivity index (χ3n) is 3.95. The van der Waals surface area contributed by atoms with Crippen molar-refractivity contribution in [3.63, 3.8) is 0 Å². The lowest BCUT2D eigenvalue weighted by molar-refractivity contribution is 0.287. The lowest BCUT2D eigenvalue weighted by Gasteiger charge is -2.32. The van der Waals surface area contributed by atoms with Gasteiger partial charge in [0.2, 0.25) is 10.0 Å². The van der Waals surface area contributed by atoms with Crippen molar-refractivity contribution in [1.29, 1.82) is 0 Å². The summed E-state index contributed by atoms with van der Waals surface area (Å²) in [6, 6.07) is 5.27. The molecule has 124 valence electrons. The monoisotopic (exact) mass is 346 g/mol. The van der Waals surface area contributed by atoms with Crippen molar-refractivity contribution < 1.29 is 13.5 Å². The Kier molecular flexibility index (Phi) is 5.71. The standard InChI is InChI=1S/C15H23ClN2O3S/c1-11(2)22(20,21)18-5-3-14(4-6-18)17-10-12-7-13(16)9-15(19)8-12/h7-9,11,14,17,19H,3-6,10H2,1-2H3. The second-order valence-electron chi connectivity index (χ2n) is 5.97. The minimum Gasteiger partial charge on any atom is -0.508 e. The van der Waals surface area contributed by atoms with Crippen molar-refractivity contribution in [3.8, 4) is 5.75 Å². The minimum absolute atomic E-state index is 0.155. The zero-order chi connectivity index (χ0) is 16.3. The summed E-state index contributed by atoms with van der Waals surface area (Å²) in [6.45, 7) is 5.14. The average Bonchev–Trinajstić information content (AvgIpc) is 2.44. The van der Waals surface area contributed by atoms with E-state index in [1.165, 1.54) is 6.07 Å². The molecule has 1 aliphatic heterocycles. The number of hydrogen-bond acceptors (Lipinski definition) is 4. The van der Waals surface area contributed by atoms with E-state index in [4.69, 9.17) is 11.6 Å². The minimum atomic E-state index is -3.15. The van der Waals surface area contributed by atoms with Crippen LogP contribution in [-0.4, -0.2) is 42.2 Å². The number of phenolic OH excluding ortho intramolecular Hbond substituents is 1. The smallest absolute Gasteiger partial charge is 0.216 e. The van der Waals surface area contributed by atoms with Crippen LogP contribution in [-0.2, 0) is 16.6 Å². The molecule has 2 rings (SSSR count). The lowest BCUT2D eigenvalue weighted by atomic mass is 10.1. The van der Waals surface area contributed by atoms with Crippen LogP contribution in [0.5, 0.6) is 5.75 Å². The van der Waals surface area contributed by atoms with Gasteiger partial charge in [0, 0.05) is 30.7 Å². The fraction of sp³-hybridized carbons (Fsp3) is 0.600. The summed E-state index contributed by atoms with van der Waals surface area (Å²) < 4.78 is 25.8. The number of sulfonamides is 1. The van der Waals surface area contributed by atoms with Gasteiger partial charge >= 0.3 is 0 Å². The lowest BCUT2D eigenvalue weighted by Crippen LogP contribution is -2.46. The summed E-state index contributed by atoms with van der Waals surface area (Å²) in [5, 5.41) is 13.1. The van der Waals surface area contributed by atoms with Gasteiger partial charge in [0.1, 0.15) is 5.75 Å².